The molecule has 0 saturated carbocycles. The zero-order chi connectivity index (χ0) is 16.8. The molecule has 0 bridgehead atoms. The van der Waals surface area contributed by atoms with E-state index < -0.39 is 17.0 Å². The standard InChI is InChI=1S/C15H18N4O4/c1-14(2,3)15(4)12(20)19(13(21)17-15)7-10-16-11(23-18-10)9-5-6-22-8-9/h5-6,8H,7H2,1-4H3,(H,17,21)/t15-/m1/s1. The Balaban J connectivity index is 1.81. The van der Waals surface area contributed by atoms with Gasteiger partial charge in [0.25, 0.3) is 11.8 Å². The molecule has 0 spiro atoms. The monoisotopic (exact) mass is 318 g/mol. The molecule has 8 heteroatoms. The second kappa shape index (κ2) is 4.94. The van der Waals surface area contributed by atoms with Crippen molar-refractivity contribution < 1.29 is 18.5 Å². The average Bonchev–Trinajstić information content (AvgIpc) is 3.16. The van der Waals surface area contributed by atoms with Gasteiger partial charge in [0.05, 0.1) is 18.4 Å². The third kappa shape index (κ3) is 2.39. The van der Waals surface area contributed by atoms with Crippen molar-refractivity contribution in [2.75, 3.05) is 0 Å². The van der Waals surface area contributed by atoms with Crippen LogP contribution in [-0.4, -0.2) is 32.5 Å². The van der Waals surface area contributed by atoms with Gasteiger partial charge in [-0.1, -0.05) is 25.9 Å². The molecule has 0 unspecified atom stereocenters. The second-order valence-corrected chi connectivity index (χ2v) is 6.72. The van der Waals surface area contributed by atoms with Gasteiger partial charge in [-0.15, -0.1) is 0 Å². The number of amides is 3. The minimum Gasteiger partial charge on any atom is -0.472 e. The topological polar surface area (TPSA) is 101 Å². The number of furan rings is 1. The summed E-state index contributed by atoms with van der Waals surface area (Å²) in [5.74, 6) is 0.229. The highest BCUT2D eigenvalue weighted by atomic mass is 16.5. The Morgan fingerprint density at radius 1 is 1.35 bits per heavy atom. The fraction of sp³-hybridized carbons (Fsp3) is 0.467. The van der Waals surface area contributed by atoms with Crippen molar-refractivity contribution in [1.82, 2.24) is 20.4 Å². The Kier molecular flexibility index (Phi) is 3.28. The number of rotatable bonds is 3. The highest BCUT2D eigenvalue weighted by molar-refractivity contribution is 6.07. The average molecular weight is 318 g/mol. The molecular weight excluding hydrogens is 300 g/mol. The Morgan fingerprint density at radius 3 is 2.65 bits per heavy atom. The lowest BCUT2D eigenvalue weighted by Crippen LogP contribution is -2.54. The number of hydrogen-bond donors (Lipinski definition) is 1. The summed E-state index contributed by atoms with van der Waals surface area (Å²) >= 11 is 0. The molecule has 0 aliphatic carbocycles. The fourth-order valence-corrected chi connectivity index (χ4v) is 2.31. The molecule has 0 radical (unpaired) electrons. The SMILES string of the molecule is CC(C)(C)[C@]1(C)NC(=O)N(Cc2noc(-c3ccoc3)n2)C1=O. The first-order valence-electron chi connectivity index (χ1n) is 7.21. The van der Waals surface area contributed by atoms with E-state index in [0.29, 0.717) is 5.56 Å². The zero-order valence-electron chi connectivity index (χ0n) is 13.4. The lowest BCUT2D eigenvalue weighted by atomic mass is 9.75. The maximum Gasteiger partial charge on any atom is 0.325 e. The third-order valence-corrected chi connectivity index (χ3v) is 4.31. The summed E-state index contributed by atoms with van der Waals surface area (Å²) in [6.45, 7) is 7.39. The van der Waals surface area contributed by atoms with Crippen molar-refractivity contribution in [2.24, 2.45) is 5.41 Å². The number of imide groups is 1. The lowest BCUT2D eigenvalue weighted by molar-refractivity contribution is -0.134. The van der Waals surface area contributed by atoms with Gasteiger partial charge in [0.15, 0.2) is 5.82 Å². The van der Waals surface area contributed by atoms with Gasteiger partial charge in [-0.25, -0.2) is 4.79 Å². The predicted octanol–water partition coefficient (Wildman–Crippen LogP) is 2.19. The molecule has 0 aromatic carbocycles. The van der Waals surface area contributed by atoms with E-state index in [1.807, 2.05) is 20.8 Å². The number of nitrogens with one attached hydrogen (secondary N) is 1. The van der Waals surface area contributed by atoms with Crippen LogP contribution in [0.15, 0.2) is 27.5 Å². The molecule has 2 aromatic heterocycles. The van der Waals surface area contributed by atoms with E-state index in [4.69, 9.17) is 8.94 Å². The van der Waals surface area contributed by atoms with Crippen LogP contribution in [0.2, 0.25) is 0 Å². The van der Waals surface area contributed by atoms with Gasteiger partial charge in [-0.2, -0.15) is 4.98 Å². The Morgan fingerprint density at radius 2 is 2.09 bits per heavy atom. The largest absolute Gasteiger partial charge is 0.472 e. The molecule has 3 rings (SSSR count). The molecule has 8 nitrogen and oxygen atoms in total. The molecule has 122 valence electrons. The molecule has 1 saturated heterocycles. The molecule has 1 aliphatic rings. The molecule has 3 heterocycles. The van der Waals surface area contributed by atoms with Gasteiger partial charge >= 0.3 is 6.03 Å². The Labute approximate surface area is 132 Å². The van der Waals surface area contributed by atoms with Crippen molar-refractivity contribution in [3.63, 3.8) is 0 Å². The highest BCUT2D eigenvalue weighted by Crippen LogP contribution is 2.35. The fourth-order valence-electron chi connectivity index (χ4n) is 2.31. The maximum atomic E-state index is 12.7. The number of aromatic nitrogens is 2. The van der Waals surface area contributed by atoms with Crippen molar-refractivity contribution in [1.29, 1.82) is 0 Å². The summed E-state index contributed by atoms with van der Waals surface area (Å²) in [6.07, 6.45) is 2.97. The van der Waals surface area contributed by atoms with E-state index >= 15 is 0 Å². The predicted molar refractivity (Wildman–Crippen MR) is 78.9 cm³/mol. The maximum absolute atomic E-state index is 12.7. The van der Waals surface area contributed by atoms with Crippen LogP contribution in [0.5, 0.6) is 0 Å². The summed E-state index contributed by atoms with van der Waals surface area (Å²) in [6, 6.07) is 1.23. The quantitative estimate of drug-likeness (QED) is 0.870. The minimum atomic E-state index is -0.971. The normalized spacial score (nSPS) is 21.8. The van der Waals surface area contributed by atoms with Crippen LogP contribution in [0.1, 0.15) is 33.5 Å². The van der Waals surface area contributed by atoms with Gasteiger partial charge in [0, 0.05) is 0 Å². The smallest absolute Gasteiger partial charge is 0.325 e. The van der Waals surface area contributed by atoms with Gasteiger partial charge in [0.1, 0.15) is 11.8 Å². The molecule has 1 N–H and O–H groups in total. The van der Waals surface area contributed by atoms with Crippen molar-refractivity contribution >= 4 is 11.9 Å². The first-order chi connectivity index (χ1) is 10.7. The van der Waals surface area contributed by atoms with Gasteiger partial charge < -0.3 is 14.3 Å². The van der Waals surface area contributed by atoms with Gasteiger partial charge in [-0.3, -0.25) is 9.69 Å². The number of carbonyl (C=O) groups is 2. The Bertz CT molecular complexity index is 744. The van der Waals surface area contributed by atoms with Gasteiger partial charge in [-0.05, 0) is 18.4 Å². The van der Waals surface area contributed by atoms with Crippen molar-refractivity contribution in [3.8, 4) is 11.5 Å². The van der Waals surface area contributed by atoms with Crippen molar-refractivity contribution in [2.45, 2.75) is 39.8 Å². The van der Waals surface area contributed by atoms with E-state index in [2.05, 4.69) is 15.5 Å². The summed E-state index contributed by atoms with van der Waals surface area (Å²) in [7, 11) is 0. The number of urea groups is 1. The molecular formula is C15H18N4O4. The lowest BCUT2D eigenvalue weighted by Gasteiger charge is -2.35. The number of carbonyl (C=O) groups excluding carboxylic acids is 2. The highest BCUT2D eigenvalue weighted by Gasteiger charge is 2.54. The minimum absolute atomic E-state index is 0.0440. The zero-order valence-corrected chi connectivity index (χ0v) is 13.4. The summed E-state index contributed by atoms with van der Waals surface area (Å²) in [5.41, 5.74) is -0.755. The number of hydrogen-bond acceptors (Lipinski definition) is 6. The molecule has 23 heavy (non-hydrogen) atoms. The number of nitrogens with zero attached hydrogens (tertiary/aromatic N) is 3. The van der Waals surface area contributed by atoms with E-state index in [1.54, 1.807) is 13.0 Å². The summed E-state index contributed by atoms with van der Waals surface area (Å²) < 4.78 is 10.1. The summed E-state index contributed by atoms with van der Waals surface area (Å²) in [5, 5.41) is 6.57. The molecule has 1 aliphatic heterocycles. The van der Waals surface area contributed by atoms with Crippen LogP contribution in [0, 0.1) is 5.41 Å². The van der Waals surface area contributed by atoms with Crippen LogP contribution in [0.4, 0.5) is 4.79 Å². The Hall–Kier alpha value is -2.64. The van der Waals surface area contributed by atoms with Crippen LogP contribution < -0.4 is 5.32 Å². The molecule has 3 amide bonds. The third-order valence-electron chi connectivity index (χ3n) is 4.31. The van der Waals surface area contributed by atoms with Crippen LogP contribution >= 0.6 is 0 Å². The summed E-state index contributed by atoms with van der Waals surface area (Å²) in [4.78, 5) is 30.1. The molecule has 1 atom stereocenters. The molecule has 1 fully saturated rings. The first-order valence-corrected chi connectivity index (χ1v) is 7.21. The van der Waals surface area contributed by atoms with Crippen LogP contribution in [0.3, 0.4) is 0 Å². The van der Waals surface area contributed by atoms with E-state index in [0.717, 1.165) is 4.90 Å². The second-order valence-electron chi connectivity index (χ2n) is 6.72. The van der Waals surface area contributed by atoms with Gasteiger partial charge in [0.2, 0.25) is 0 Å². The van der Waals surface area contributed by atoms with E-state index in [-0.39, 0.29) is 24.2 Å². The van der Waals surface area contributed by atoms with E-state index in [1.165, 1.54) is 12.5 Å². The van der Waals surface area contributed by atoms with Crippen molar-refractivity contribution in [3.05, 3.63) is 24.4 Å². The molecule has 2 aromatic rings. The van der Waals surface area contributed by atoms with E-state index in [9.17, 15) is 9.59 Å². The van der Waals surface area contributed by atoms with Crippen LogP contribution in [0.25, 0.3) is 11.5 Å². The first kappa shape index (κ1) is 15.3. The van der Waals surface area contributed by atoms with Crippen LogP contribution in [-0.2, 0) is 11.3 Å².